The van der Waals surface area contributed by atoms with Gasteiger partial charge in [-0.25, -0.2) is 9.89 Å². The molecule has 5 nitrogen and oxygen atoms in total. The molecule has 0 amide bonds. The van der Waals surface area contributed by atoms with E-state index < -0.39 is 5.97 Å². The fourth-order valence-electron chi connectivity index (χ4n) is 1.49. The molecule has 1 aromatic heterocycles. The minimum absolute atomic E-state index is 0.0592. The molecule has 6 heteroatoms. The second-order valence-corrected chi connectivity index (χ2v) is 3.75. The standard InChI is InChI=1S/C11H9ClN2O3/c1-2-17-11(16)9-8-5-6(12)3-4-7(8)10(15)14-13-9/h3-5H,2H2,1H3,(H,14,15). The molecule has 1 aromatic carbocycles. The summed E-state index contributed by atoms with van der Waals surface area (Å²) in [7, 11) is 0. The molecule has 1 heterocycles. The first-order valence-electron chi connectivity index (χ1n) is 4.98. The Hall–Kier alpha value is -1.88. The van der Waals surface area contributed by atoms with E-state index in [1.165, 1.54) is 6.07 Å². The fraction of sp³-hybridized carbons (Fsp3) is 0.182. The van der Waals surface area contributed by atoms with E-state index in [4.69, 9.17) is 16.3 Å². The van der Waals surface area contributed by atoms with Crippen molar-refractivity contribution in [2.45, 2.75) is 6.92 Å². The van der Waals surface area contributed by atoms with E-state index in [9.17, 15) is 9.59 Å². The topological polar surface area (TPSA) is 72.0 Å². The zero-order valence-corrected chi connectivity index (χ0v) is 9.75. The average molecular weight is 253 g/mol. The highest BCUT2D eigenvalue weighted by Gasteiger charge is 2.15. The molecule has 0 bridgehead atoms. The second kappa shape index (κ2) is 4.55. The molecule has 2 rings (SSSR count). The molecule has 0 aliphatic rings. The third kappa shape index (κ3) is 2.14. The summed E-state index contributed by atoms with van der Waals surface area (Å²) in [6.45, 7) is 1.93. The van der Waals surface area contributed by atoms with Gasteiger partial charge >= 0.3 is 5.97 Å². The third-order valence-corrected chi connectivity index (χ3v) is 2.45. The number of hydrogen-bond acceptors (Lipinski definition) is 4. The minimum Gasteiger partial charge on any atom is -0.461 e. The Morgan fingerprint density at radius 1 is 1.47 bits per heavy atom. The molecule has 17 heavy (non-hydrogen) atoms. The lowest BCUT2D eigenvalue weighted by molar-refractivity contribution is 0.0520. The van der Waals surface area contributed by atoms with Crippen LogP contribution in [0.1, 0.15) is 17.4 Å². The Balaban J connectivity index is 2.72. The third-order valence-electron chi connectivity index (χ3n) is 2.22. The summed E-state index contributed by atoms with van der Waals surface area (Å²) in [6.07, 6.45) is 0. The monoisotopic (exact) mass is 252 g/mol. The van der Waals surface area contributed by atoms with Gasteiger partial charge in [-0.05, 0) is 25.1 Å². The molecular formula is C11H9ClN2O3. The number of H-pyrrole nitrogens is 1. The normalized spacial score (nSPS) is 10.5. The molecule has 0 aliphatic heterocycles. The Labute approximate surface area is 101 Å². The number of benzene rings is 1. The molecule has 0 spiro atoms. The van der Waals surface area contributed by atoms with Crippen LogP contribution in [0.3, 0.4) is 0 Å². The smallest absolute Gasteiger partial charge is 0.359 e. The van der Waals surface area contributed by atoms with E-state index in [2.05, 4.69) is 10.2 Å². The Bertz CT molecular complexity index is 636. The zero-order valence-electron chi connectivity index (χ0n) is 8.99. The van der Waals surface area contributed by atoms with Crippen molar-refractivity contribution in [3.63, 3.8) is 0 Å². The number of rotatable bonds is 2. The highest BCUT2D eigenvalue weighted by molar-refractivity contribution is 6.31. The summed E-state index contributed by atoms with van der Waals surface area (Å²) in [4.78, 5) is 23.1. The maximum absolute atomic E-state index is 11.6. The number of nitrogens with zero attached hydrogens (tertiary/aromatic N) is 1. The van der Waals surface area contributed by atoms with Gasteiger partial charge in [-0.2, -0.15) is 5.10 Å². The average Bonchev–Trinajstić information content (AvgIpc) is 2.29. The van der Waals surface area contributed by atoms with Gasteiger partial charge in [-0.1, -0.05) is 11.6 Å². The van der Waals surface area contributed by atoms with Gasteiger partial charge in [-0.3, -0.25) is 4.79 Å². The van der Waals surface area contributed by atoms with Crippen LogP contribution in [-0.4, -0.2) is 22.8 Å². The number of carbonyl (C=O) groups is 1. The highest BCUT2D eigenvalue weighted by atomic mass is 35.5. The summed E-state index contributed by atoms with van der Waals surface area (Å²) < 4.78 is 4.85. The van der Waals surface area contributed by atoms with Crippen molar-refractivity contribution in [3.05, 3.63) is 39.3 Å². The van der Waals surface area contributed by atoms with Gasteiger partial charge in [0.05, 0.1) is 12.0 Å². The number of halogens is 1. The van der Waals surface area contributed by atoms with E-state index in [1.807, 2.05) is 0 Å². The number of fused-ring (bicyclic) bond motifs is 1. The summed E-state index contributed by atoms with van der Waals surface area (Å²) in [6, 6.07) is 4.64. The number of ether oxygens (including phenoxy) is 1. The number of carbonyl (C=O) groups excluding carboxylic acids is 1. The van der Waals surface area contributed by atoms with E-state index >= 15 is 0 Å². The van der Waals surface area contributed by atoms with Gasteiger partial charge in [0.2, 0.25) is 0 Å². The van der Waals surface area contributed by atoms with Gasteiger partial charge in [0.15, 0.2) is 5.69 Å². The molecule has 2 aromatic rings. The van der Waals surface area contributed by atoms with Crippen LogP contribution < -0.4 is 5.56 Å². The van der Waals surface area contributed by atoms with Crippen molar-refractivity contribution in [3.8, 4) is 0 Å². The van der Waals surface area contributed by atoms with Crippen molar-refractivity contribution < 1.29 is 9.53 Å². The number of hydrogen-bond donors (Lipinski definition) is 1. The van der Waals surface area contributed by atoms with Crippen LogP contribution in [0.2, 0.25) is 5.02 Å². The van der Waals surface area contributed by atoms with Gasteiger partial charge in [0.25, 0.3) is 5.56 Å². The largest absolute Gasteiger partial charge is 0.461 e. The fourth-order valence-corrected chi connectivity index (χ4v) is 1.66. The predicted molar refractivity (Wildman–Crippen MR) is 63.3 cm³/mol. The van der Waals surface area contributed by atoms with Gasteiger partial charge in [0.1, 0.15) is 0 Å². The number of aromatic amines is 1. The molecular weight excluding hydrogens is 244 g/mol. The SMILES string of the molecule is CCOC(=O)c1n[nH]c(=O)c2ccc(Cl)cc12. The van der Waals surface area contributed by atoms with Crippen molar-refractivity contribution >= 4 is 28.3 Å². The van der Waals surface area contributed by atoms with Crippen molar-refractivity contribution in [1.29, 1.82) is 0 Å². The summed E-state index contributed by atoms with van der Waals surface area (Å²) in [5.74, 6) is -0.587. The number of nitrogens with one attached hydrogen (secondary N) is 1. The first kappa shape index (κ1) is 11.6. The molecule has 0 saturated heterocycles. The highest BCUT2D eigenvalue weighted by Crippen LogP contribution is 2.19. The quantitative estimate of drug-likeness (QED) is 0.827. The lowest BCUT2D eigenvalue weighted by Gasteiger charge is -2.04. The Morgan fingerprint density at radius 3 is 2.94 bits per heavy atom. The van der Waals surface area contributed by atoms with Crippen LogP contribution in [0.5, 0.6) is 0 Å². The van der Waals surface area contributed by atoms with Gasteiger partial charge in [0, 0.05) is 10.4 Å². The molecule has 0 unspecified atom stereocenters. The molecule has 0 fully saturated rings. The van der Waals surface area contributed by atoms with E-state index in [1.54, 1.807) is 19.1 Å². The molecule has 0 radical (unpaired) electrons. The van der Waals surface area contributed by atoms with Crippen molar-refractivity contribution in [1.82, 2.24) is 10.2 Å². The summed E-state index contributed by atoms with van der Waals surface area (Å²) in [5.41, 5.74) is -0.311. The van der Waals surface area contributed by atoms with Crippen LogP contribution in [0, 0.1) is 0 Å². The molecule has 88 valence electrons. The maximum atomic E-state index is 11.6. The first-order chi connectivity index (χ1) is 8.13. The van der Waals surface area contributed by atoms with Crippen LogP contribution in [-0.2, 0) is 4.74 Å². The maximum Gasteiger partial charge on any atom is 0.359 e. The summed E-state index contributed by atoms with van der Waals surface area (Å²) in [5, 5.41) is 7.12. The number of esters is 1. The van der Waals surface area contributed by atoms with Gasteiger partial charge < -0.3 is 4.74 Å². The summed E-state index contributed by atoms with van der Waals surface area (Å²) >= 11 is 5.83. The Kier molecular flexibility index (Phi) is 3.10. The van der Waals surface area contributed by atoms with E-state index in [0.717, 1.165) is 0 Å². The minimum atomic E-state index is -0.587. The number of aromatic nitrogens is 2. The van der Waals surface area contributed by atoms with Crippen LogP contribution >= 0.6 is 11.6 Å². The lowest BCUT2D eigenvalue weighted by atomic mass is 10.1. The zero-order chi connectivity index (χ0) is 12.4. The lowest BCUT2D eigenvalue weighted by Crippen LogP contribution is -2.16. The van der Waals surface area contributed by atoms with E-state index in [0.29, 0.717) is 15.8 Å². The van der Waals surface area contributed by atoms with Crippen LogP contribution in [0.15, 0.2) is 23.0 Å². The molecule has 0 saturated carbocycles. The van der Waals surface area contributed by atoms with Crippen molar-refractivity contribution in [2.75, 3.05) is 6.61 Å². The molecule has 1 N–H and O–H groups in total. The first-order valence-corrected chi connectivity index (χ1v) is 5.36. The van der Waals surface area contributed by atoms with E-state index in [-0.39, 0.29) is 17.9 Å². The Morgan fingerprint density at radius 2 is 2.24 bits per heavy atom. The van der Waals surface area contributed by atoms with Crippen LogP contribution in [0.4, 0.5) is 0 Å². The molecule has 0 atom stereocenters. The second-order valence-electron chi connectivity index (χ2n) is 3.31. The predicted octanol–water partition coefficient (Wildman–Crippen LogP) is 1.75. The molecule has 0 aliphatic carbocycles. The van der Waals surface area contributed by atoms with Crippen LogP contribution in [0.25, 0.3) is 10.8 Å². The van der Waals surface area contributed by atoms with Crippen molar-refractivity contribution in [2.24, 2.45) is 0 Å². The van der Waals surface area contributed by atoms with Gasteiger partial charge in [-0.15, -0.1) is 0 Å².